The van der Waals surface area contributed by atoms with Crippen LogP contribution in [-0.2, 0) is 19.1 Å². The Labute approximate surface area is 180 Å². The van der Waals surface area contributed by atoms with Gasteiger partial charge in [-0.3, -0.25) is 24.5 Å². The largest absolute Gasteiger partial charge is 0.455 e. The zero-order valence-electron chi connectivity index (χ0n) is 15.3. The van der Waals surface area contributed by atoms with Crippen molar-refractivity contribution in [3.63, 3.8) is 0 Å². The Bertz CT molecular complexity index is 1010. The number of nitro groups is 1. The number of amides is 2. The minimum Gasteiger partial charge on any atom is -0.455 e. The summed E-state index contributed by atoms with van der Waals surface area (Å²) >= 11 is 11.8. The molecule has 11 heteroatoms. The lowest BCUT2D eigenvalue weighted by atomic mass is 10.1. The number of rotatable bonds is 6. The van der Waals surface area contributed by atoms with Crippen molar-refractivity contribution in [1.82, 2.24) is 0 Å². The van der Waals surface area contributed by atoms with E-state index in [4.69, 9.17) is 27.9 Å². The number of non-ortho nitro benzene ring substituents is 1. The number of ether oxygens (including phenoxy) is 1. The number of nitrogens with one attached hydrogen (secondary N) is 1. The van der Waals surface area contributed by atoms with Gasteiger partial charge in [0.15, 0.2) is 6.61 Å². The maximum atomic E-state index is 12.3. The molecule has 2 aromatic carbocycles. The molecule has 30 heavy (non-hydrogen) atoms. The van der Waals surface area contributed by atoms with Crippen molar-refractivity contribution in [1.29, 1.82) is 0 Å². The molecular weight excluding hydrogens is 437 g/mol. The molecule has 2 aromatic rings. The van der Waals surface area contributed by atoms with Crippen LogP contribution in [0.15, 0.2) is 42.5 Å². The normalized spacial score (nSPS) is 15.7. The molecule has 1 aliphatic rings. The number of halogens is 2. The first kappa shape index (κ1) is 21.5. The van der Waals surface area contributed by atoms with Crippen molar-refractivity contribution < 1.29 is 24.0 Å². The predicted octanol–water partition coefficient (Wildman–Crippen LogP) is 3.44. The maximum Gasteiger partial charge on any atom is 0.311 e. The van der Waals surface area contributed by atoms with Crippen molar-refractivity contribution in [2.24, 2.45) is 5.92 Å². The van der Waals surface area contributed by atoms with E-state index in [2.05, 4.69) is 5.32 Å². The van der Waals surface area contributed by atoms with E-state index in [1.165, 1.54) is 41.3 Å². The third-order valence-corrected chi connectivity index (χ3v) is 4.94. The lowest BCUT2D eigenvalue weighted by Gasteiger charge is -2.16. The summed E-state index contributed by atoms with van der Waals surface area (Å²) in [7, 11) is 0. The third kappa shape index (κ3) is 5.05. The topological polar surface area (TPSA) is 119 Å². The Morgan fingerprint density at radius 3 is 2.57 bits per heavy atom. The van der Waals surface area contributed by atoms with Gasteiger partial charge >= 0.3 is 5.97 Å². The van der Waals surface area contributed by atoms with Gasteiger partial charge in [0.1, 0.15) is 0 Å². The first-order valence-corrected chi connectivity index (χ1v) is 9.46. The summed E-state index contributed by atoms with van der Waals surface area (Å²) in [6.07, 6.45) is -0.0858. The molecule has 1 heterocycles. The van der Waals surface area contributed by atoms with Crippen LogP contribution in [0.3, 0.4) is 0 Å². The molecule has 1 fully saturated rings. The van der Waals surface area contributed by atoms with Gasteiger partial charge in [-0.05, 0) is 30.3 Å². The van der Waals surface area contributed by atoms with Gasteiger partial charge < -0.3 is 15.0 Å². The summed E-state index contributed by atoms with van der Waals surface area (Å²) in [5, 5.41) is 13.9. The molecule has 0 spiro atoms. The molecule has 0 radical (unpaired) electrons. The summed E-state index contributed by atoms with van der Waals surface area (Å²) in [6.45, 7) is -0.499. The number of nitro benzene ring substituents is 1. The molecule has 3 rings (SSSR count). The van der Waals surface area contributed by atoms with Gasteiger partial charge in [0.05, 0.1) is 21.6 Å². The minimum absolute atomic E-state index is 0.0528. The van der Waals surface area contributed by atoms with Gasteiger partial charge in [-0.2, -0.15) is 0 Å². The molecule has 9 nitrogen and oxygen atoms in total. The van der Waals surface area contributed by atoms with E-state index < -0.39 is 29.3 Å². The van der Waals surface area contributed by atoms with E-state index in [9.17, 15) is 24.5 Å². The van der Waals surface area contributed by atoms with Crippen LogP contribution in [0.2, 0.25) is 10.0 Å². The van der Waals surface area contributed by atoms with Gasteiger partial charge in [0, 0.05) is 35.8 Å². The van der Waals surface area contributed by atoms with Crippen LogP contribution in [0.5, 0.6) is 0 Å². The quantitative estimate of drug-likeness (QED) is 0.408. The van der Waals surface area contributed by atoms with Crippen LogP contribution in [0.4, 0.5) is 17.1 Å². The van der Waals surface area contributed by atoms with Crippen LogP contribution in [-0.4, -0.2) is 35.9 Å². The highest BCUT2D eigenvalue weighted by atomic mass is 35.5. The first-order valence-electron chi connectivity index (χ1n) is 8.71. The maximum absolute atomic E-state index is 12.3. The lowest BCUT2D eigenvalue weighted by molar-refractivity contribution is -0.384. The fourth-order valence-electron chi connectivity index (χ4n) is 2.90. The summed E-state index contributed by atoms with van der Waals surface area (Å²) in [4.78, 5) is 48.1. The average molecular weight is 452 g/mol. The molecular formula is C19H15Cl2N3O6. The molecule has 1 atom stereocenters. The van der Waals surface area contributed by atoms with Gasteiger partial charge in [-0.25, -0.2) is 0 Å². The highest BCUT2D eigenvalue weighted by Gasteiger charge is 2.36. The Balaban J connectivity index is 1.54. The highest BCUT2D eigenvalue weighted by molar-refractivity contribution is 6.35. The number of nitrogens with zero attached hydrogens (tertiary/aromatic N) is 2. The van der Waals surface area contributed by atoms with Gasteiger partial charge in [0.2, 0.25) is 5.91 Å². The van der Waals surface area contributed by atoms with Crippen LogP contribution in [0.1, 0.15) is 6.42 Å². The molecule has 1 saturated heterocycles. The highest BCUT2D eigenvalue weighted by Crippen LogP contribution is 2.28. The molecule has 1 N–H and O–H groups in total. The molecule has 0 aliphatic carbocycles. The molecule has 156 valence electrons. The zero-order valence-corrected chi connectivity index (χ0v) is 16.9. The molecule has 2 amide bonds. The Hall–Kier alpha value is -3.17. The fourth-order valence-corrected chi connectivity index (χ4v) is 3.24. The molecule has 0 saturated carbocycles. The smallest absolute Gasteiger partial charge is 0.311 e. The molecule has 0 bridgehead atoms. The number of hydrogen-bond donors (Lipinski definition) is 1. The Morgan fingerprint density at radius 2 is 1.90 bits per heavy atom. The number of hydrogen-bond acceptors (Lipinski definition) is 6. The minimum atomic E-state index is -0.754. The van der Waals surface area contributed by atoms with E-state index in [1.54, 1.807) is 6.07 Å². The first-order chi connectivity index (χ1) is 14.2. The summed E-state index contributed by atoms with van der Waals surface area (Å²) < 4.78 is 5.02. The Kier molecular flexibility index (Phi) is 6.53. The van der Waals surface area contributed by atoms with E-state index in [1.807, 2.05) is 0 Å². The fraction of sp³-hybridized carbons (Fsp3) is 0.211. The summed E-state index contributed by atoms with van der Waals surface area (Å²) in [5.74, 6) is -2.37. The van der Waals surface area contributed by atoms with Crippen LogP contribution >= 0.6 is 23.2 Å². The van der Waals surface area contributed by atoms with Crippen molar-refractivity contribution in [3.8, 4) is 0 Å². The van der Waals surface area contributed by atoms with Crippen LogP contribution in [0.25, 0.3) is 0 Å². The van der Waals surface area contributed by atoms with Gasteiger partial charge in [-0.1, -0.05) is 23.2 Å². The number of carbonyl (C=O) groups excluding carboxylic acids is 3. The van der Waals surface area contributed by atoms with Crippen LogP contribution in [0, 0.1) is 16.0 Å². The van der Waals surface area contributed by atoms with Crippen molar-refractivity contribution in [2.45, 2.75) is 6.42 Å². The zero-order chi connectivity index (χ0) is 21.8. The number of carbonyl (C=O) groups is 3. The second-order valence-corrected chi connectivity index (χ2v) is 7.30. The van der Waals surface area contributed by atoms with E-state index in [0.29, 0.717) is 10.7 Å². The predicted molar refractivity (Wildman–Crippen MR) is 110 cm³/mol. The van der Waals surface area contributed by atoms with E-state index in [0.717, 1.165) is 0 Å². The molecule has 0 aromatic heterocycles. The Morgan fingerprint density at radius 1 is 1.20 bits per heavy atom. The molecule has 0 unspecified atom stereocenters. The SMILES string of the molecule is O=C(COC(=O)[C@@H]1CC(=O)N(c2ccc([N+](=O)[O-])cc2)C1)Nc1cc(Cl)ccc1Cl. The van der Waals surface area contributed by atoms with E-state index in [-0.39, 0.29) is 35.3 Å². The van der Waals surface area contributed by atoms with Crippen molar-refractivity contribution >= 4 is 58.0 Å². The second-order valence-electron chi connectivity index (χ2n) is 6.46. The number of benzene rings is 2. The standard InChI is InChI=1S/C19H15Cl2N3O6/c20-12-1-6-15(21)16(8-12)22-17(25)10-30-19(27)11-7-18(26)23(9-11)13-2-4-14(5-3-13)24(28)29/h1-6,8,11H,7,9-10H2,(H,22,25)/t11-/m1/s1. The lowest BCUT2D eigenvalue weighted by Crippen LogP contribution is -2.28. The molecule has 1 aliphatic heterocycles. The second kappa shape index (κ2) is 9.10. The van der Waals surface area contributed by atoms with Gasteiger partial charge in [-0.15, -0.1) is 0 Å². The van der Waals surface area contributed by atoms with Crippen LogP contribution < -0.4 is 10.2 Å². The van der Waals surface area contributed by atoms with E-state index >= 15 is 0 Å². The average Bonchev–Trinajstić information content (AvgIpc) is 3.10. The monoisotopic (exact) mass is 451 g/mol. The summed E-state index contributed by atoms with van der Waals surface area (Å²) in [6, 6.07) is 9.97. The van der Waals surface area contributed by atoms with Crippen molar-refractivity contribution in [3.05, 3.63) is 62.6 Å². The third-order valence-electron chi connectivity index (χ3n) is 4.38. The summed E-state index contributed by atoms with van der Waals surface area (Å²) in [5.41, 5.74) is 0.618. The van der Waals surface area contributed by atoms with Crippen molar-refractivity contribution in [2.75, 3.05) is 23.4 Å². The number of esters is 1. The van der Waals surface area contributed by atoms with Gasteiger partial charge in [0.25, 0.3) is 11.6 Å². The number of anilines is 2.